The average Bonchev–Trinajstić information content (AvgIpc) is 2.83. The number of fused-ring (bicyclic) bond motifs is 1. The van der Waals surface area contributed by atoms with Crippen LogP contribution in [-0.4, -0.2) is 23.3 Å². The Hall–Kier alpha value is -2.04. The summed E-state index contributed by atoms with van der Waals surface area (Å²) in [5.41, 5.74) is 1.28. The molecule has 5 heteroatoms. The van der Waals surface area contributed by atoms with E-state index in [0.717, 1.165) is 44.6 Å². The van der Waals surface area contributed by atoms with Gasteiger partial charge in [0.25, 0.3) is 5.95 Å². The normalized spacial score (nSPS) is 17.7. The van der Waals surface area contributed by atoms with Crippen molar-refractivity contribution in [3.63, 3.8) is 0 Å². The summed E-state index contributed by atoms with van der Waals surface area (Å²) >= 11 is 0. The summed E-state index contributed by atoms with van der Waals surface area (Å²) < 4.78 is 11.0. The lowest BCUT2D eigenvalue weighted by atomic mass is 9.97. The van der Waals surface area contributed by atoms with Crippen molar-refractivity contribution < 1.29 is 9.26 Å². The van der Waals surface area contributed by atoms with E-state index in [1.165, 1.54) is 5.56 Å². The highest BCUT2D eigenvalue weighted by Gasteiger charge is 2.18. The Bertz CT molecular complexity index is 582. The molecule has 1 aliphatic rings. The molecule has 0 amide bonds. The van der Waals surface area contributed by atoms with E-state index in [1.807, 2.05) is 12.1 Å². The summed E-state index contributed by atoms with van der Waals surface area (Å²) in [5.74, 6) is 2.83. The first kappa shape index (κ1) is 13.9. The topological polar surface area (TPSA) is 60.2 Å². The van der Waals surface area contributed by atoms with E-state index >= 15 is 0 Å². The summed E-state index contributed by atoms with van der Waals surface area (Å²) in [4.78, 5) is 4.33. The maximum absolute atomic E-state index is 5.79. The van der Waals surface area contributed by atoms with Crippen LogP contribution in [-0.2, 0) is 12.8 Å². The zero-order chi connectivity index (χ0) is 14.5. The van der Waals surface area contributed by atoms with Gasteiger partial charge in [0.15, 0.2) is 0 Å². The number of benzene rings is 1. The second-order valence-electron chi connectivity index (χ2n) is 5.46. The van der Waals surface area contributed by atoms with Gasteiger partial charge in [0.05, 0.1) is 6.61 Å². The molecule has 0 bridgehead atoms. The van der Waals surface area contributed by atoms with E-state index in [9.17, 15) is 0 Å². The molecule has 3 rings (SSSR count). The van der Waals surface area contributed by atoms with Gasteiger partial charge in [0.1, 0.15) is 5.75 Å². The number of hydrogen-bond donors (Lipinski definition) is 1. The standard InChI is InChI=1S/C16H21N3O2/c1-2-5-15-18-16(19-21-15)17-11-12-8-9-20-14-7-4-3-6-13(14)10-12/h3-4,6-7,12H,2,5,8-11H2,1H3,(H,17,19)/t12-/m1/s1. The molecular formula is C16H21N3O2. The number of ether oxygens (including phenoxy) is 1. The third kappa shape index (κ3) is 3.54. The fraction of sp³-hybridized carbons (Fsp3) is 0.500. The second kappa shape index (κ2) is 6.61. The summed E-state index contributed by atoms with van der Waals surface area (Å²) in [5, 5.41) is 7.24. The molecule has 0 spiro atoms. The molecule has 1 atom stereocenters. The quantitative estimate of drug-likeness (QED) is 0.915. The van der Waals surface area contributed by atoms with E-state index in [4.69, 9.17) is 9.26 Å². The van der Waals surface area contributed by atoms with Gasteiger partial charge in [-0.25, -0.2) is 0 Å². The van der Waals surface area contributed by atoms with Crippen LogP contribution < -0.4 is 10.1 Å². The maximum atomic E-state index is 5.79. The van der Waals surface area contributed by atoms with E-state index in [1.54, 1.807) is 0 Å². The van der Waals surface area contributed by atoms with Gasteiger partial charge in [-0.2, -0.15) is 4.98 Å². The zero-order valence-corrected chi connectivity index (χ0v) is 12.3. The van der Waals surface area contributed by atoms with Crippen LogP contribution in [0, 0.1) is 5.92 Å². The summed E-state index contributed by atoms with van der Waals surface area (Å²) in [6.45, 7) is 3.69. The van der Waals surface area contributed by atoms with E-state index in [2.05, 4.69) is 34.5 Å². The molecule has 2 aromatic rings. The number of nitrogens with one attached hydrogen (secondary N) is 1. The molecule has 0 saturated carbocycles. The smallest absolute Gasteiger partial charge is 0.263 e. The SMILES string of the molecule is CCCc1nc(NC[C@@H]2CCOc3ccccc3C2)no1. The van der Waals surface area contributed by atoms with Gasteiger partial charge in [-0.05, 0) is 42.0 Å². The minimum Gasteiger partial charge on any atom is -0.493 e. The first-order valence-corrected chi connectivity index (χ1v) is 7.62. The van der Waals surface area contributed by atoms with E-state index in [0.29, 0.717) is 17.8 Å². The molecular weight excluding hydrogens is 266 g/mol. The van der Waals surface area contributed by atoms with Gasteiger partial charge in [-0.3, -0.25) is 0 Å². The molecule has 5 nitrogen and oxygen atoms in total. The number of aryl methyl sites for hydroxylation is 1. The first-order chi connectivity index (χ1) is 10.3. The van der Waals surface area contributed by atoms with Gasteiger partial charge in [0, 0.05) is 13.0 Å². The molecule has 2 heterocycles. The predicted octanol–water partition coefficient (Wildman–Crippen LogP) is 3.08. The molecule has 1 aliphatic heterocycles. The van der Waals surface area contributed by atoms with Gasteiger partial charge in [0.2, 0.25) is 5.89 Å². The molecule has 0 radical (unpaired) electrons. The van der Waals surface area contributed by atoms with Crippen LogP contribution >= 0.6 is 0 Å². The number of nitrogens with zero attached hydrogens (tertiary/aromatic N) is 2. The fourth-order valence-electron chi connectivity index (χ4n) is 2.61. The van der Waals surface area contributed by atoms with Gasteiger partial charge in [-0.1, -0.05) is 25.1 Å². The van der Waals surface area contributed by atoms with Crippen molar-refractivity contribution in [3.05, 3.63) is 35.7 Å². The van der Waals surface area contributed by atoms with Crippen molar-refractivity contribution in [2.45, 2.75) is 32.6 Å². The van der Waals surface area contributed by atoms with Gasteiger partial charge >= 0.3 is 0 Å². The molecule has 1 aromatic heterocycles. The molecule has 0 unspecified atom stereocenters. The lowest BCUT2D eigenvalue weighted by Crippen LogP contribution is -2.18. The maximum Gasteiger partial charge on any atom is 0.263 e. The molecule has 0 fully saturated rings. The summed E-state index contributed by atoms with van der Waals surface area (Å²) in [6, 6.07) is 8.27. The van der Waals surface area contributed by atoms with Crippen molar-refractivity contribution in [2.24, 2.45) is 5.92 Å². The Morgan fingerprint density at radius 3 is 3.14 bits per heavy atom. The highest BCUT2D eigenvalue weighted by atomic mass is 16.5. The van der Waals surface area contributed by atoms with Crippen LogP contribution in [0.5, 0.6) is 5.75 Å². The summed E-state index contributed by atoms with van der Waals surface area (Å²) in [7, 11) is 0. The first-order valence-electron chi connectivity index (χ1n) is 7.62. The number of para-hydroxylation sites is 1. The Morgan fingerprint density at radius 1 is 1.33 bits per heavy atom. The Labute approximate surface area is 124 Å². The van der Waals surface area contributed by atoms with Crippen LogP contribution in [0.1, 0.15) is 31.2 Å². The third-order valence-corrected chi connectivity index (χ3v) is 3.75. The molecule has 1 N–H and O–H groups in total. The van der Waals surface area contributed by atoms with Crippen LogP contribution in [0.3, 0.4) is 0 Å². The van der Waals surface area contributed by atoms with Crippen molar-refractivity contribution >= 4 is 5.95 Å². The van der Waals surface area contributed by atoms with Crippen molar-refractivity contribution in [1.29, 1.82) is 0 Å². The zero-order valence-electron chi connectivity index (χ0n) is 12.3. The van der Waals surface area contributed by atoms with E-state index in [-0.39, 0.29) is 0 Å². The van der Waals surface area contributed by atoms with Crippen LogP contribution in [0.25, 0.3) is 0 Å². The number of rotatable bonds is 5. The average molecular weight is 287 g/mol. The molecule has 0 aliphatic carbocycles. The molecule has 0 saturated heterocycles. The largest absolute Gasteiger partial charge is 0.493 e. The molecule has 1 aromatic carbocycles. The molecule has 112 valence electrons. The van der Waals surface area contributed by atoms with E-state index < -0.39 is 0 Å². The van der Waals surface area contributed by atoms with Gasteiger partial charge in [-0.15, -0.1) is 0 Å². The highest BCUT2D eigenvalue weighted by Crippen LogP contribution is 2.26. The number of aromatic nitrogens is 2. The monoisotopic (exact) mass is 287 g/mol. The Balaban J connectivity index is 1.57. The fourth-order valence-corrected chi connectivity index (χ4v) is 2.61. The van der Waals surface area contributed by atoms with Gasteiger partial charge < -0.3 is 14.6 Å². The highest BCUT2D eigenvalue weighted by molar-refractivity contribution is 5.34. The lowest BCUT2D eigenvalue weighted by Gasteiger charge is -2.13. The number of anilines is 1. The van der Waals surface area contributed by atoms with Crippen LogP contribution in [0.2, 0.25) is 0 Å². The van der Waals surface area contributed by atoms with Crippen molar-refractivity contribution in [2.75, 3.05) is 18.5 Å². The third-order valence-electron chi connectivity index (χ3n) is 3.75. The predicted molar refractivity (Wildman–Crippen MR) is 80.5 cm³/mol. The Kier molecular flexibility index (Phi) is 4.38. The minimum absolute atomic E-state index is 0.516. The minimum atomic E-state index is 0.516. The molecule has 21 heavy (non-hydrogen) atoms. The van der Waals surface area contributed by atoms with Crippen LogP contribution in [0.15, 0.2) is 28.8 Å². The summed E-state index contributed by atoms with van der Waals surface area (Å²) in [6.07, 6.45) is 3.89. The Morgan fingerprint density at radius 2 is 2.24 bits per heavy atom. The number of hydrogen-bond acceptors (Lipinski definition) is 5. The van der Waals surface area contributed by atoms with Crippen molar-refractivity contribution in [3.8, 4) is 5.75 Å². The van der Waals surface area contributed by atoms with Crippen LogP contribution in [0.4, 0.5) is 5.95 Å². The van der Waals surface area contributed by atoms with Crippen molar-refractivity contribution in [1.82, 2.24) is 10.1 Å². The lowest BCUT2D eigenvalue weighted by molar-refractivity contribution is 0.298. The second-order valence-corrected chi connectivity index (χ2v) is 5.46.